The van der Waals surface area contributed by atoms with E-state index in [1.54, 1.807) is 0 Å². The highest BCUT2D eigenvalue weighted by molar-refractivity contribution is 5.23. The first-order valence-corrected chi connectivity index (χ1v) is 6.38. The summed E-state index contributed by atoms with van der Waals surface area (Å²) in [6.45, 7) is 5.70. The summed E-state index contributed by atoms with van der Waals surface area (Å²) in [5, 5.41) is 0. The zero-order chi connectivity index (χ0) is 11.3. The Hall–Kier alpha value is -0.830. The Balaban J connectivity index is 2.02. The molecule has 1 atom stereocenters. The topological polar surface area (TPSA) is 43.8 Å². The van der Waals surface area contributed by atoms with Crippen molar-refractivity contribution in [2.24, 2.45) is 11.1 Å². The number of fused-ring (bicyclic) bond motifs is 3. The normalized spacial score (nSPS) is 27.3. The Kier molecular flexibility index (Phi) is 2.15. The van der Waals surface area contributed by atoms with Crippen molar-refractivity contribution in [2.75, 3.05) is 0 Å². The molecule has 3 nitrogen and oxygen atoms in total. The minimum Gasteiger partial charge on any atom is -0.330 e. The van der Waals surface area contributed by atoms with Crippen molar-refractivity contribution in [3.05, 3.63) is 17.2 Å². The molecule has 3 heteroatoms. The van der Waals surface area contributed by atoms with Crippen molar-refractivity contribution < 1.29 is 0 Å². The van der Waals surface area contributed by atoms with Gasteiger partial charge in [-0.1, -0.05) is 13.8 Å². The minimum atomic E-state index is 0.329. The Bertz CT molecular complexity index is 417. The van der Waals surface area contributed by atoms with Gasteiger partial charge in [-0.3, -0.25) is 0 Å². The van der Waals surface area contributed by atoms with Crippen molar-refractivity contribution in [1.29, 1.82) is 0 Å². The molecule has 1 unspecified atom stereocenters. The first kappa shape index (κ1) is 10.3. The molecule has 88 valence electrons. The Labute approximate surface area is 97.0 Å². The van der Waals surface area contributed by atoms with E-state index in [0.717, 1.165) is 25.8 Å². The molecule has 0 aromatic carbocycles. The van der Waals surface area contributed by atoms with E-state index in [0.29, 0.717) is 11.5 Å². The number of nitrogens with two attached hydrogens (primary N) is 1. The van der Waals surface area contributed by atoms with Gasteiger partial charge < -0.3 is 10.3 Å². The molecule has 1 aromatic heterocycles. The van der Waals surface area contributed by atoms with Crippen LogP contribution >= 0.6 is 0 Å². The number of hydrogen-bond donors (Lipinski definition) is 1. The maximum Gasteiger partial charge on any atom is 0.109 e. The number of aromatic nitrogens is 2. The van der Waals surface area contributed by atoms with Gasteiger partial charge in [0, 0.05) is 24.7 Å². The standard InChI is InChI=1S/C13H21N3/c1-13(2)6-5-10-11(7-13)16-8-9(14)3-4-12(16)15-10/h9H,3-8,14H2,1-2H3. The second kappa shape index (κ2) is 3.33. The van der Waals surface area contributed by atoms with Gasteiger partial charge in [-0.15, -0.1) is 0 Å². The highest BCUT2D eigenvalue weighted by atomic mass is 15.1. The lowest BCUT2D eigenvalue weighted by Crippen LogP contribution is -2.34. The third-order valence-electron chi connectivity index (χ3n) is 4.07. The molecule has 1 aromatic rings. The van der Waals surface area contributed by atoms with Crippen LogP contribution in [0.2, 0.25) is 0 Å². The molecule has 0 spiro atoms. The second-order valence-electron chi connectivity index (χ2n) is 6.17. The molecule has 2 heterocycles. The third kappa shape index (κ3) is 1.58. The smallest absolute Gasteiger partial charge is 0.109 e. The number of imidazole rings is 1. The van der Waals surface area contributed by atoms with E-state index in [1.165, 1.54) is 30.1 Å². The molecule has 0 radical (unpaired) electrons. The van der Waals surface area contributed by atoms with Crippen LogP contribution in [0.4, 0.5) is 0 Å². The van der Waals surface area contributed by atoms with Crippen LogP contribution in [-0.4, -0.2) is 15.6 Å². The zero-order valence-electron chi connectivity index (χ0n) is 10.3. The Morgan fingerprint density at radius 1 is 1.38 bits per heavy atom. The molecule has 0 bridgehead atoms. The molecule has 0 fully saturated rings. The highest BCUT2D eigenvalue weighted by Gasteiger charge is 2.31. The molecule has 0 saturated carbocycles. The van der Waals surface area contributed by atoms with E-state index in [2.05, 4.69) is 18.4 Å². The maximum absolute atomic E-state index is 6.06. The fraction of sp³-hybridized carbons (Fsp3) is 0.769. The quantitative estimate of drug-likeness (QED) is 0.721. The number of nitrogens with zero attached hydrogens (tertiary/aromatic N) is 2. The summed E-state index contributed by atoms with van der Waals surface area (Å²) < 4.78 is 2.41. The van der Waals surface area contributed by atoms with E-state index in [4.69, 9.17) is 10.7 Å². The summed E-state index contributed by atoms with van der Waals surface area (Å²) in [5.41, 5.74) is 9.32. The predicted molar refractivity (Wildman–Crippen MR) is 64.3 cm³/mol. The molecule has 1 aliphatic heterocycles. The number of rotatable bonds is 0. The number of aryl methyl sites for hydroxylation is 2. The van der Waals surface area contributed by atoms with Gasteiger partial charge in [-0.25, -0.2) is 4.98 Å². The lowest BCUT2D eigenvalue weighted by molar-refractivity contribution is 0.300. The van der Waals surface area contributed by atoms with Crippen molar-refractivity contribution in [3.63, 3.8) is 0 Å². The van der Waals surface area contributed by atoms with Gasteiger partial charge in [-0.2, -0.15) is 0 Å². The predicted octanol–water partition coefficient (Wildman–Crippen LogP) is 1.67. The van der Waals surface area contributed by atoms with E-state index in [-0.39, 0.29) is 0 Å². The zero-order valence-corrected chi connectivity index (χ0v) is 10.3. The van der Waals surface area contributed by atoms with Crippen molar-refractivity contribution >= 4 is 0 Å². The van der Waals surface area contributed by atoms with Gasteiger partial charge in [0.1, 0.15) is 5.82 Å². The molecular formula is C13H21N3. The van der Waals surface area contributed by atoms with Gasteiger partial charge >= 0.3 is 0 Å². The molecular weight excluding hydrogens is 198 g/mol. The molecule has 16 heavy (non-hydrogen) atoms. The van der Waals surface area contributed by atoms with Crippen molar-refractivity contribution in [2.45, 2.75) is 58.5 Å². The summed E-state index contributed by atoms with van der Waals surface area (Å²) in [4.78, 5) is 4.80. The third-order valence-corrected chi connectivity index (χ3v) is 4.07. The van der Waals surface area contributed by atoms with Gasteiger partial charge in [0.25, 0.3) is 0 Å². The summed E-state index contributed by atoms with van der Waals surface area (Å²) in [6.07, 6.45) is 5.75. The SMILES string of the molecule is CC1(C)CCc2nc3n(c2C1)CC(N)CC3. The van der Waals surface area contributed by atoms with Gasteiger partial charge in [-0.05, 0) is 31.1 Å². The van der Waals surface area contributed by atoms with Crippen LogP contribution in [0.3, 0.4) is 0 Å². The van der Waals surface area contributed by atoms with Crippen LogP contribution in [0.5, 0.6) is 0 Å². The molecule has 2 N–H and O–H groups in total. The average molecular weight is 219 g/mol. The molecule has 1 aliphatic carbocycles. The van der Waals surface area contributed by atoms with Crippen molar-refractivity contribution in [3.8, 4) is 0 Å². The lowest BCUT2D eigenvalue weighted by Gasteiger charge is -2.31. The first-order chi connectivity index (χ1) is 7.55. The maximum atomic E-state index is 6.06. The Morgan fingerprint density at radius 2 is 2.19 bits per heavy atom. The first-order valence-electron chi connectivity index (χ1n) is 6.38. The second-order valence-corrected chi connectivity index (χ2v) is 6.17. The van der Waals surface area contributed by atoms with Gasteiger partial charge in [0.2, 0.25) is 0 Å². The van der Waals surface area contributed by atoms with E-state index in [9.17, 15) is 0 Å². The highest BCUT2D eigenvalue weighted by Crippen LogP contribution is 2.35. The van der Waals surface area contributed by atoms with E-state index in [1.807, 2.05) is 0 Å². The summed E-state index contributed by atoms with van der Waals surface area (Å²) in [6, 6.07) is 0.329. The Morgan fingerprint density at radius 3 is 3.00 bits per heavy atom. The van der Waals surface area contributed by atoms with E-state index < -0.39 is 0 Å². The van der Waals surface area contributed by atoms with Gasteiger partial charge in [0.15, 0.2) is 0 Å². The largest absolute Gasteiger partial charge is 0.330 e. The van der Waals surface area contributed by atoms with Crippen LogP contribution in [0, 0.1) is 5.41 Å². The fourth-order valence-corrected chi connectivity index (χ4v) is 3.04. The van der Waals surface area contributed by atoms with Crippen molar-refractivity contribution in [1.82, 2.24) is 9.55 Å². The monoisotopic (exact) mass is 219 g/mol. The lowest BCUT2D eigenvalue weighted by atomic mass is 9.78. The summed E-state index contributed by atoms with van der Waals surface area (Å²) >= 11 is 0. The van der Waals surface area contributed by atoms with Crippen LogP contribution < -0.4 is 5.73 Å². The van der Waals surface area contributed by atoms with Crippen LogP contribution in [0.1, 0.15) is 43.9 Å². The molecule has 0 amide bonds. The average Bonchev–Trinajstić information content (AvgIpc) is 2.55. The summed E-state index contributed by atoms with van der Waals surface area (Å²) in [7, 11) is 0. The fourth-order valence-electron chi connectivity index (χ4n) is 3.04. The van der Waals surface area contributed by atoms with Crippen LogP contribution in [0.25, 0.3) is 0 Å². The number of hydrogen-bond acceptors (Lipinski definition) is 2. The van der Waals surface area contributed by atoms with Gasteiger partial charge in [0.05, 0.1) is 5.69 Å². The minimum absolute atomic E-state index is 0.329. The molecule has 3 rings (SSSR count). The van der Waals surface area contributed by atoms with Crippen LogP contribution in [0.15, 0.2) is 0 Å². The summed E-state index contributed by atoms with van der Waals surface area (Å²) in [5.74, 6) is 1.28. The van der Waals surface area contributed by atoms with E-state index >= 15 is 0 Å². The molecule has 0 saturated heterocycles. The molecule has 2 aliphatic rings. The van der Waals surface area contributed by atoms with Crippen LogP contribution in [-0.2, 0) is 25.8 Å².